The summed E-state index contributed by atoms with van der Waals surface area (Å²) in [7, 11) is 0. The molecular formula is C13H26N2O4S. The molecule has 0 heterocycles. The number of carbonyl (C=O) groups excluding carboxylic acids is 2. The second kappa shape index (κ2) is 12.9. The van der Waals surface area contributed by atoms with Crippen molar-refractivity contribution in [1.82, 2.24) is 4.72 Å². The quantitative estimate of drug-likeness (QED) is 0.645. The molecule has 0 aromatic rings. The molecule has 0 aliphatic heterocycles. The fourth-order valence-corrected chi connectivity index (χ4v) is 1.78. The van der Waals surface area contributed by atoms with Gasteiger partial charge in [-0.15, -0.1) is 0 Å². The Morgan fingerprint density at radius 3 is 2.15 bits per heavy atom. The molecule has 6 nitrogen and oxygen atoms in total. The summed E-state index contributed by atoms with van der Waals surface area (Å²) in [4.78, 5) is 30.9. The molecule has 0 unspecified atom stereocenters. The molecule has 0 spiro atoms. The SMILES string of the molecule is CC(C)C[C@H](CN)CC(=O)O.CCC(=O)NSC(C)=O. The molecule has 0 radical (unpaired) electrons. The summed E-state index contributed by atoms with van der Waals surface area (Å²) in [6, 6.07) is 0. The Hall–Kier alpha value is -1.08. The molecule has 0 aliphatic carbocycles. The fraction of sp³-hybridized carbons (Fsp3) is 0.769. The Labute approximate surface area is 125 Å². The zero-order valence-electron chi connectivity index (χ0n) is 12.6. The van der Waals surface area contributed by atoms with Gasteiger partial charge in [-0.3, -0.25) is 19.1 Å². The molecule has 4 N–H and O–H groups in total. The van der Waals surface area contributed by atoms with Crippen LogP contribution in [0.1, 0.15) is 47.0 Å². The molecule has 0 bridgehead atoms. The first-order valence-corrected chi connectivity index (χ1v) is 7.42. The number of nitrogens with two attached hydrogens (primary N) is 1. The molecule has 1 atom stereocenters. The van der Waals surface area contributed by atoms with E-state index in [1.54, 1.807) is 6.92 Å². The van der Waals surface area contributed by atoms with Crippen LogP contribution in [0.15, 0.2) is 0 Å². The average molecular weight is 306 g/mol. The normalized spacial score (nSPS) is 11.3. The van der Waals surface area contributed by atoms with Crippen molar-refractivity contribution in [3.05, 3.63) is 0 Å². The van der Waals surface area contributed by atoms with Crippen LogP contribution < -0.4 is 10.5 Å². The van der Waals surface area contributed by atoms with Crippen molar-refractivity contribution in [2.75, 3.05) is 6.54 Å². The summed E-state index contributed by atoms with van der Waals surface area (Å²) >= 11 is 0.826. The van der Waals surface area contributed by atoms with E-state index in [4.69, 9.17) is 10.8 Å². The van der Waals surface area contributed by atoms with E-state index in [0.717, 1.165) is 18.4 Å². The Kier molecular flexibility index (Phi) is 13.7. The van der Waals surface area contributed by atoms with Gasteiger partial charge in [0.2, 0.25) is 11.0 Å². The second-order valence-electron chi connectivity index (χ2n) is 4.80. The zero-order valence-corrected chi connectivity index (χ0v) is 13.5. The molecule has 0 rings (SSSR count). The number of carboxylic acid groups (broad SMARTS) is 1. The maximum absolute atomic E-state index is 10.4. The van der Waals surface area contributed by atoms with Crippen molar-refractivity contribution in [1.29, 1.82) is 0 Å². The lowest BCUT2D eigenvalue weighted by Gasteiger charge is -2.13. The smallest absolute Gasteiger partial charge is 0.303 e. The molecule has 0 aromatic heterocycles. The Morgan fingerprint density at radius 1 is 1.30 bits per heavy atom. The van der Waals surface area contributed by atoms with E-state index in [0.29, 0.717) is 18.9 Å². The van der Waals surface area contributed by atoms with Crippen molar-refractivity contribution in [2.24, 2.45) is 17.6 Å². The van der Waals surface area contributed by atoms with Gasteiger partial charge in [-0.2, -0.15) is 0 Å². The number of carboxylic acids is 1. The first-order chi connectivity index (χ1) is 9.22. The van der Waals surface area contributed by atoms with Crippen LogP contribution >= 0.6 is 11.9 Å². The predicted octanol–water partition coefficient (Wildman–Crippen LogP) is 1.79. The summed E-state index contributed by atoms with van der Waals surface area (Å²) in [6.45, 7) is 7.76. The molecular weight excluding hydrogens is 280 g/mol. The van der Waals surface area contributed by atoms with Gasteiger partial charge in [0.25, 0.3) is 0 Å². The van der Waals surface area contributed by atoms with Gasteiger partial charge in [-0.1, -0.05) is 20.8 Å². The van der Waals surface area contributed by atoms with Gasteiger partial charge in [0.15, 0.2) is 0 Å². The van der Waals surface area contributed by atoms with Crippen LogP contribution in [0.4, 0.5) is 0 Å². The maximum Gasteiger partial charge on any atom is 0.303 e. The minimum atomic E-state index is -0.749. The summed E-state index contributed by atoms with van der Waals surface area (Å²) in [6.07, 6.45) is 1.53. The van der Waals surface area contributed by atoms with Crippen molar-refractivity contribution in [3.8, 4) is 0 Å². The van der Waals surface area contributed by atoms with Gasteiger partial charge < -0.3 is 10.8 Å². The van der Waals surface area contributed by atoms with Gasteiger partial charge in [-0.25, -0.2) is 0 Å². The third-order valence-electron chi connectivity index (χ3n) is 2.23. The number of rotatable bonds is 6. The number of amides is 1. The van der Waals surface area contributed by atoms with E-state index in [-0.39, 0.29) is 23.4 Å². The van der Waals surface area contributed by atoms with Gasteiger partial charge in [0.05, 0.1) is 0 Å². The van der Waals surface area contributed by atoms with Crippen LogP contribution in [0.5, 0.6) is 0 Å². The van der Waals surface area contributed by atoms with Crippen LogP contribution in [-0.4, -0.2) is 28.6 Å². The van der Waals surface area contributed by atoms with Crippen LogP contribution in [-0.2, 0) is 14.4 Å². The summed E-state index contributed by atoms with van der Waals surface area (Å²) in [5.41, 5.74) is 5.41. The highest BCUT2D eigenvalue weighted by molar-refractivity contribution is 8.12. The lowest BCUT2D eigenvalue weighted by Crippen LogP contribution is -2.19. The van der Waals surface area contributed by atoms with Crippen molar-refractivity contribution in [3.63, 3.8) is 0 Å². The predicted molar refractivity (Wildman–Crippen MR) is 81.0 cm³/mol. The zero-order chi connectivity index (χ0) is 16.1. The molecule has 20 heavy (non-hydrogen) atoms. The summed E-state index contributed by atoms with van der Waals surface area (Å²) < 4.78 is 2.36. The molecule has 0 aromatic carbocycles. The Morgan fingerprint density at radius 2 is 1.85 bits per heavy atom. The highest BCUT2D eigenvalue weighted by Crippen LogP contribution is 2.13. The molecule has 0 saturated carbocycles. The monoisotopic (exact) mass is 306 g/mol. The van der Waals surface area contributed by atoms with E-state index in [1.807, 2.05) is 0 Å². The number of carbonyl (C=O) groups is 3. The second-order valence-corrected chi connectivity index (χ2v) is 5.78. The van der Waals surface area contributed by atoms with Gasteiger partial charge in [-0.05, 0) is 24.8 Å². The highest BCUT2D eigenvalue weighted by Gasteiger charge is 2.12. The molecule has 0 saturated heterocycles. The topological polar surface area (TPSA) is 109 Å². The van der Waals surface area contributed by atoms with E-state index in [1.165, 1.54) is 6.92 Å². The largest absolute Gasteiger partial charge is 0.481 e. The van der Waals surface area contributed by atoms with Crippen LogP contribution in [0.2, 0.25) is 0 Å². The van der Waals surface area contributed by atoms with E-state index in [2.05, 4.69) is 18.6 Å². The fourth-order valence-electron chi connectivity index (χ4n) is 1.38. The Balaban J connectivity index is 0. The van der Waals surface area contributed by atoms with Crippen LogP contribution in [0, 0.1) is 11.8 Å². The van der Waals surface area contributed by atoms with E-state index >= 15 is 0 Å². The summed E-state index contributed by atoms with van der Waals surface area (Å²) in [5, 5.41) is 8.37. The lowest BCUT2D eigenvalue weighted by atomic mass is 9.94. The minimum Gasteiger partial charge on any atom is -0.481 e. The highest BCUT2D eigenvalue weighted by atomic mass is 32.2. The maximum atomic E-state index is 10.4. The molecule has 118 valence electrons. The standard InChI is InChI=1S/C8H17NO2.C5H9NO2S/c1-6(2)3-7(5-9)4-8(10)11;1-3-5(8)6-9-4(2)7/h6-7H,3-5,9H2,1-2H3,(H,10,11);3H2,1-2H3,(H,6,8)/t7-;/m0./s1. The molecule has 0 aliphatic rings. The number of hydrogen-bond acceptors (Lipinski definition) is 5. The summed E-state index contributed by atoms with van der Waals surface area (Å²) in [5.74, 6) is -0.188. The van der Waals surface area contributed by atoms with Crippen LogP contribution in [0.25, 0.3) is 0 Å². The minimum absolute atomic E-state index is 0.100. The van der Waals surface area contributed by atoms with Crippen molar-refractivity contribution < 1.29 is 19.5 Å². The van der Waals surface area contributed by atoms with Crippen LogP contribution in [0.3, 0.4) is 0 Å². The van der Waals surface area contributed by atoms with Crippen molar-refractivity contribution in [2.45, 2.75) is 47.0 Å². The third kappa shape index (κ3) is 16.9. The van der Waals surface area contributed by atoms with E-state index in [9.17, 15) is 14.4 Å². The van der Waals surface area contributed by atoms with Gasteiger partial charge >= 0.3 is 5.97 Å². The van der Waals surface area contributed by atoms with E-state index < -0.39 is 5.97 Å². The number of aliphatic carboxylic acids is 1. The lowest BCUT2D eigenvalue weighted by molar-refractivity contribution is -0.138. The first kappa shape index (κ1) is 21.2. The molecule has 0 fully saturated rings. The van der Waals surface area contributed by atoms with Gasteiger partial charge in [0.1, 0.15) is 0 Å². The molecule has 7 heteroatoms. The third-order valence-corrected chi connectivity index (χ3v) is 2.85. The first-order valence-electron chi connectivity index (χ1n) is 6.60. The van der Waals surface area contributed by atoms with Crippen molar-refractivity contribution >= 4 is 28.9 Å². The average Bonchev–Trinajstić information content (AvgIpc) is 2.34. The number of nitrogens with one attached hydrogen (secondary N) is 1. The molecule has 1 amide bonds. The number of hydrogen-bond donors (Lipinski definition) is 3. The Bertz CT molecular complexity index is 309. The van der Waals surface area contributed by atoms with Gasteiger partial charge in [0, 0.05) is 31.7 Å².